The van der Waals surface area contributed by atoms with Crippen molar-refractivity contribution in [2.24, 2.45) is 0 Å². The predicted molar refractivity (Wildman–Crippen MR) is 68.7 cm³/mol. The molecule has 0 bridgehead atoms. The highest BCUT2D eigenvalue weighted by Crippen LogP contribution is 1.92. The third-order valence-corrected chi connectivity index (χ3v) is 2.40. The molecule has 0 spiro atoms. The number of amides is 4. The number of hydrogen-bond acceptors (Lipinski definition) is 4. The van der Waals surface area contributed by atoms with E-state index in [1.54, 1.807) is 0 Å². The summed E-state index contributed by atoms with van der Waals surface area (Å²) in [6.45, 7) is 4.19. The summed E-state index contributed by atoms with van der Waals surface area (Å²) in [6.07, 6.45) is 3.10. The highest BCUT2D eigenvalue weighted by atomic mass is 16.5. The predicted octanol–water partition coefficient (Wildman–Crippen LogP) is 1.35. The van der Waals surface area contributed by atoms with E-state index in [-0.39, 0.29) is 19.8 Å². The molecule has 19 heavy (non-hydrogen) atoms. The zero-order chi connectivity index (χ0) is 14.7. The highest BCUT2D eigenvalue weighted by molar-refractivity contribution is 5.75. The number of urea groups is 2. The van der Waals surface area contributed by atoms with Gasteiger partial charge in [0.1, 0.15) is 0 Å². The molecule has 4 amide bonds. The van der Waals surface area contributed by atoms with Crippen molar-refractivity contribution in [3.05, 3.63) is 0 Å². The third-order valence-electron chi connectivity index (χ3n) is 2.40. The first-order chi connectivity index (χ1) is 9.02. The number of nitrogens with one attached hydrogen (secondary N) is 2. The molecule has 0 unspecified atom stereocenters. The molecule has 0 saturated heterocycles. The van der Waals surface area contributed by atoms with Crippen LogP contribution in [-0.2, 0) is 0 Å². The average Bonchev–Trinajstić information content (AvgIpc) is 2.41. The van der Waals surface area contributed by atoms with E-state index in [9.17, 15) is 20.0 Å². The molecule has 0 saturated carbocycles. The largest absolute Gasteiger partial charge is 0.342 e. The van der Waals surface area contributed by atoms with Crippen molar-refractivity contribution in [3.63, 3.8) is 0 Å². The number of nitrogens with zero attached hydrogens (tertiary/aromatic N) is 2. The lowest BCUT2D eigenvalue weighted by Crippen LogP contribution is -2.47. The van der Waals surface area contributed by atoms with Crippen LogP contribution in [0.5, 0.6) is 0 Å². The molecule has 0 fully saturated rings. The average molecular weight is 276 g/mol. The van der Waals surface area contributed by atoms with E-state index < -0.39 is 12.1 Å². The van der Waals surface area contributed by atoms with Crippen LogP contribution in [0.1, 0.15) is 39.5 Å². The van der Waals surface area contributed by atoms with E-state index in [0.29, 0.717) is 23.0 Å². The summed E-state index contributed by atoms with van der Waals surface area (Å²) in [6, 6.07) is -1.38. The van der Waals surface area contributed by atoms with Crippen LogP contribution in [0.25, 0.3) is 0 Å². The molecule has 0 aromatic rings. The van der Waals surface area contributed by atoms with Gasteiger partial charge in [0.25, 0.3) is 0 Å². The summed E-state index contributed by atoms with van der Waals surface area (Å²) < 4.78 is 0. The minimum Gasteiger partial charge on any atom is -0.319 e. The Morgan fingerprint density at radius 3 is 1.58 bits per heavy atom. The van der Waals surface area contributed by atoms with Crippen molar-refractivity contribution in [1.29, 1.82) is 0 Å². The Bertz CT molecular complexity index is 249. The summed E-state index contributed by atoms with van der Waals surface area (Å²) in [7, 11) is 0. The first kappa shape index (κ1) is 17.5. The zero-order valence-corrected chi connectivity index (χ0v) is 11.6. The monoisotopic (exact) mass is 276 g/mol. The van der Waals surface area contributed by atoms with E-state index >= 15 is 0 Å². The van der Waals surface area contributed by atoms with Crippen LogP contribution in [0.2, 0.25) is 0 Å². The topological polar surface area (TPSA) is 105 Å². The molecule has 8 nitrogen and oxygen atoms in total. The van der Waals surface area contributed by atoms with Gasteiger partial charge < -0.3 is 10.6 Å². The van der Waals surface area contributed by atoms with Crippen molar-refractivity contribution >= 4 is 12.1 Å². The van der Waals surface area contributed by atoms with E-state index in [0.717, 1.165) is 12.8 Å². The van der Waals surface area contributed by atoms with E-state index in [2.05, 4.69) is 10.6 Å². The molecule has 112 valence electrons. The van der Waals surface area contributed by atoms with Crippen LogP contribution in [-0.4, -0.2) is 52.4 Å². The number of carbonyl (C=O) groups excluding carboxylic acids is 2. The van der Waals surface area contributed by atoms with Crippen molar-refractivity contribution in [2.75, 3.05) is 19.8 Å². The summed E-state index contributed by atoms with van der Waals surface area (Å²) in [5, 5.41) is 24.3. The van der Waals surface area contributed by atoms with Gasteiger partial charge in [0.05, 0.1) is 19.8 Å². The number of hydrogen-bond donors (Lipinski definition) is 4. The van der Waals surface area contributed by atoms with Gasteiger partial charge in [0, 0.05) is 0 Å². The summed E-state index contributed by atoms with van der Waals surface area (Å²) in [4.78, 5) is 22.6. The van der Waals surface area contributed by atoms with Crippen LogP contribution in [0.4, 0.5) is 9.59 Å². The van der Waals surface area contributed by atoms with Crippen molar-refractivity contribution in [3.8, 4) is 0 Å². The van der Waals surface area contributed by atoms with Crippen LogP contribution < -0.4 is 10.6 Å². The Morgan fingerprint density at radius 2 is 1.26 bits per heavy atom. The van der Waals surface area contributed by atoms with Gasteiger partial charge in [-0.05, 0) is 12.8 Å². The molecule has 0 aromatic carbocycles. The smallest absolute Gasteiger partial charge is 0.319 e. The lowest BCUT2D eigenvalue weighted by molar-refractivity contribution is -0.0470. The standard InChI is InChI=1S/C11H24N4O4/c1-3-5-7-14(18)10(16)12-9-13-11(17)15(19)8-6-4-2/h18-19H,3-9H2,1-2H3,(H,12,16)(H,13,17). The molecule has 0 aliphatic rings. The van der Waals surface area contributed by atoms with E-state index in [1.807, 2.05) is 13.8 Å². The summed E-state index contributed by atoms with van der Waals surface area (Å²) >= 11 is 0. The lowest BCUT2D eigenvalue weighted by atomic mass is 10.3. The SMILES string of the molecule is CCCCN(O)C(=O)NCNC(=O)N(O)CCCC. The van der Waals surface area contributed by atoms with Gasteiger partial charge in [-0.3, -0.25) is 10.4 Å². The number of carbonyl (C=O) groups is 2. The Kier molecular flexibility index (Phi) is 9.55. The number of rotatable bonds is 8. The number of unbranched alkanes of at least 4 members (excludes halogenated alkanes) is 2. The molecule has 0 aromatic heterocycles. The first-order valence-electron chi connectivity index (χ1n) is 6.51. The van der Waals surface area contributed by atoms with Crippen molar-refractivity contribution < 1.29 is 20.0 Å². The molecular formula is C11H24N4O4. The fraction of sp³-hybridized carbons (Fsp3) is 0.818. The van der Waals surface area contributed by atoms with Gasteiger partial charge in [0.2, 0.25) is 0 Å². The Labute approximate surface area is 113 Å². The zero-order valence-electron chi connectivity index (χ0n) is 11.6. The van der Waals surface area contributed by atoms with Crippen molar-refractivity contribution in [2.45, 2.75) is 39.5 Å². The normalized spacial score (nSPS) is 9.89. The minimum atomic E-state index is -0.688. The fourth-order valence-electron chi connectivity index (χ4n) is 1.20. The molecule has 0 atom stereocenters. The molecular weight excluding hydrogens is 252 g/mol. The van der Waals surface area contributed by atoms with E-state index in [1.165, 1.54) is 0 Å². The molecule has 0 rings (SSSR count). The van der Waals surface area contributed by atoms with Crippen LogP contribution in [0.15, 0.2) is 0 Å². The summed E-state index contributed by atoms with van der Waals surface area (Å²) in [5.74, 6) is 0. The first-order valence-corrected chi connectivity index (χ1v) is 6.51. The maximum atomic E-state index is 11.3. The maximum Gasteiger partial charge on any atom is 0.342 e. The Hall–Kier alpha value is -1.54. The quantitative estimate of drug-likeness (QED) is 0.305. The fourth-order valence-corrected chi connectivity index (χ4v) is 1.20. The van der Waals surface area contributed by atoms with Crippen LogP contribution in [0.3, 0.4) is 0 Å². The van der Waals surface area contributed by atoms with Gasteiger partial charge in [-0.2, -0.15) is 0 Å². The van der Waals surface area contributed by atoms with Crippen LogP contribution in [0, 0.1) is 0 Å². The third kappa shape index (κ3) is 8.22. The van der Waals surface area contributed by atoms with Gasteiger partial charge in [0.15, 0.2) is 0 Å². The molecule has 0 aliphatic heterocycles. The molecule has 0 heterocycles. The van der Waals surface area contributed by atoms with Gasteiger partial charge >= 0.3 is 12.1 Å². The second-order valence-corrected chi connectivity index (χ2v) is 4.09. The second-order valence-electron chi connectivity index (χ2n) is 4.09. The van der Waals surface area contributed by atoms with E-state index in [4.69, 9.17) is 0 Å². The number of hydroxylamine groups is 4. The molecule has 4 N–H and O–H groups in total. The molecule has 0 aliphatic carbocycles. The minimum absolute atomic E-state index is 0.163. The second kappa shape index (κ2) is 10.4. The highest BCUT2D eigenvalue weighted by Gasteiger charge is 2.11. The lowest BCUT2D eigenvalue weighted by Gasteiger charge is -2.18. The van der Waals surface area contributed by atoms with Crippen LogP contribution >= 0.6 is 0 Å². The van der Waals surface area contributed by atoms with Crippen molar-refractivity contribution in [1.82, 2.24) is 20.8 Å². The summed E-state index contributed by atoms with van der Waals surface area (Å²) in [5.41, 5.74) is 0. The molecule has 8 heteroatoms. The maximum absolute atomic E-state index is 11.3. The van der Waals surface area contributed by atoms with Gasteiger partial charge in [-0.1, -0.05) is 26.7 Å². The Balaban J connectivity index is 3.77. The molecule has 0 radical (unpaired) electrons. The van der Waals surface area contributed by atoms with Gasteiger partial charge in [-0.15, -0.1) is 0 Å². The van der Waals surface area contributed by atoms with Gasteiger partial charge in [-0.25, -0.2) is 19.7 Å². The Morgan fingerprint density at radius 1 is 0.895 bits per heavy atom.